The number of carbonyl (C=O) groups excluding carboxylic acids is 1. The molecular formula is C21H21N2O2PS. The first kappa shape index (κ1) is 19.3. The molecule has 1 amide bonds. The summed E-state index contributed by atoms with van der Waals surface area (Å²) >= 11 is 0. The van der Waals surface area contributed by atoms with E-state index in [1.165, 1.54) is 5.30 Å². The van der Waals surface area contributed by atoms with Gasteiger partial charge in [-0.05, 0) is 53.9 Å². The standard InChI is InChI=1S/C21H21N2O2PS/c1-2-26-19-12-7-11-18(15-19)22-21(24)16-8-6-13-20(14-16)27(25)23-17-9-4-3-5-10-17/h3-15,23,26H,2H2,1H3,(H,22,24). The molecule has 0 aliphatic carbocycles. The lowest BCUT2D eigenvalue weighted by atomic mass is 10.2. The van der Waals surface area contributed by atoms with E-state index in [0.29, 0.717) is 10.5 Å². The van der Waals surface area contributed by atoms with Crippen LogP contribution in [0.2, 0.25) is 0 Å². The zero-order valence-corrected chi connectivity index (χ0v) is 16.8. The third-order valence-corrected chi connectivity index (χ3v) is 5.97. The molecule has 0 radical (unpaired) electrons. The Labute approximate surface area is 163 Å². The van der Waals surface area contributed by atoms with Crippen LogP contribution in [0, 0.1) is 0 Å². The van der Waals surface area contributed by atoms with E-state index >= 15 is 0 Å². The molecule has 3 rings (SSSR count). The van der Waals surface area contributed by atoms with Gasteiger partial charge in [0, 0.05) is 16.9 Å². The lowest BCUT2D eigenvalue weighted by Gasteiger charge is -2.09. The van der Waals surface area contributed by atoms with Gasteiger partial charge in [0.05, 0.1) is 4.90 Å². The van der Waals surface area contributed by atoms with Crippen LogP contribution in [-0.4, -0.2) is 16.3 Å². The Balaban J connectivity index is 1.72. The molecule has 27 heavy (non-hydrogen) atoms. The highest BCUT2D eigenvalue weighted by atomic mass is 32.2. The normalized spacial score (nSPS) is 12.0. The van der Waals surface area contributed by atoms with Gasteiger partial charge in [-0.2, -0.15) is 0 Å². The van der Waals surface area contributed by atoms with Crippen LogP contribution in [0.15, 0.2) is 83.8 Å². The van der Waals surface area contributed by atoms with Crippen LogP contribution in [0.1, 0.15) is 17.3 Å². The minimum atomic E-state index is -1.44. The fraction of sp³-hybridized carbons (Fsp3) is 0.0952. The summed E-state index contributed by atoms with van der Waals surface area (Å²) in [4.78, 5) is 13.1. The largest absolute Gasteiger partial charge is 0.322 e. The number of amides is 1. The van der Waals surface area contributed by atoms with Crippen LogP contribution in [0.3, 0.4) is 0 Å². The van der Waals surface area contributed by atoms with Crippen molar-refractivity contribution >= 4 is 42.2 Å². The molecule has 0 aromatic heterocycles. The number of nitrogens with one attached hydrogen (secondary N) is 2. The first-order valence-corrected chi connectivity index (χ1v) is 11.0. The highest BCUT2D eigenvalue weighted by molar-refractivity contribution is 7.86. The molecule has 0 saturated heterocycles. The Kier molecular flexibility index (Phi) is 6.74. The third kappa shape index (κ3) is 5.49. The number of hydrogen-bond acceptors (Lipinski definition) is 2. The predicted molar refractivity (Wildman–Crippen MR) is 116 cm³/mol. The van der Waals surface area contributed by atoms with Crippen molar-refractivity contribution in [1.82, 2.24) is 0 Å². The number of benzene rings is 3. The minimum Gasteiger partial charge on any atom is -0.322 e. The summed E-state index contributed by atoms with van der Waals surface area (Å²) < 4.78 is 15.5. The van der Waals surface area contributed by atoms with E-state index in [1.54, 1.807) is 24.3 Å². The second-order valence-corrected chi connectivity index (χ2v) is 8.68. The van der Waals surface area contributed by atoms with E-state index in [-0.39, 0.29) is 5.91 Å². The Morgan fingerprint density at radius 1 is 0.926 bits per heavy atom. The zero-order chi connectivity index (χ0) is 19.1. The summed E-state index contributed by atoms with van der Waals surface area (Å²) in [6.45, 7) is 2.14. The second kappa shape index (κ2) is 9.45. The highest BCUT2D eigenvalue weighted by Crippen LogP contribution is 2.17. The number of para-hydroxylation sites is 1. The molecule has 4 nitrogen and oxygen atoms in total. The van der Waals surface area contributed by atoms with Crippen LogP contribution < -0.4 is 15.3 Å². The maximum Gasteiger partial charge on any atom is 0.255 e. The molecule has 6 heteroatoms. The molecule has 3 aromatic carbocycles. The van der Waals surface area contributed by atoms with Crippen molar-refractivity contribution in [2.75, 3.05) is 16.2 Å². The second-order valence-electron chi connectivity index (χ2n) is 5.83. The molecule has 3 aromatic rings. The van der Waals surface area contributed by atoms with E-state index in [9.17, 15) is 9.00 Å². The third-order valence-electron chi connectivity index (χ3n) is 3.80. The lowest BCUT2D eigenvalue weighted by molar-refractivity contribution is 0.102. The minimum absolute atomic E-state index is 0.217. The maximum absolute atomic E-state index is 12.6. The molecule has 0 aliphatic heterocycles. The van der Waals surface area contributed by atoms with E-state index in [1.807, 2.05) is 48.5 Å². The quantitative estimate of drug-likeness (QED) is 0.582. The molecule has 0 aliphatic rings. The van der Waals surface area contributed by atoms with E-state index < -0.39 is 11.0 Å². The molecule has 2 N–H and O–H groups in total. The van der Waals surface area contributed by atoms with Crippen molar-refractivity contribution in [2.24, 2.45) is 0 Å². The zero-order valence-electron chi connectivity index (χ0n) is 14.9. The van der Waals surface area contributed by atoms with E-state index in [4.69, 9.17) is 0 Å². The van der Waals surface area contributed by atoms with Crippen molar-refractivity contribution < 1.29 is 9.00 Å². The number of rotatable bonds is 7. The average molecular weight is 396 g/mol. The van der Waals surface area contributed by atoms with Crippen LogP contribution in [0.4, 0.5) is 11.4 Å². The predicted octanol–water partition coefficient (Wildman–Crippen LogP) is 4.40. The Bertz CT molecular complexity index is 948. The number of carbonyl (C=O) groups is 1. The molecule has 0 spiro atoms. The van der Waals surface area contributed by atoms with Crippen LogP contribution in [0.25, 0.3) is 0 Å². The van der Waals surface area contributed by atoms with Gasteiger partial charge >= 0.3 is 0 Å². The van der Waals surface area contributed by atoms with Gasteiger partial charge in [-0.1, -0.05) is 51.9 Å². The van der Waals surface area contributed by atoms with Gasteiger partial charge in [-0.15, -0.1) is 0 Å². The number of hydrogen-bond donors (Lipinski definition) is 2. The van der Waals surface area contributed by atoms with Gasteiger partial charge in [-0.3, -0.25) is 4.79 Å². The molecule has 138 valence electrons. The topological polar surface area (TPSA) is 58.2 Å². The highest BCUT2D eigenvalue weighted by Gasteiger charge is 2.10. The fourth-order valence-electron chi connectivity index (χ4n) is 2.54. The van der Waals surface area contributed by atoms with Crippen LogP contribution >= 0.6 is 8.58 Å². The van der Waals surface area contributed by atoms with Gasteiger partial charge in [0.15, 0.2) is 0 Å². The van der Waals surface area contributed by atoms with E-state index in [0.717, 1.165) is 26.1 Å². The summed E-state index contributed by atoms with van der Waals surface area (Å²) in [7, 11) is -0.715. The van der Waals surface area contributed by atoms with Crippen LogP contribution in [-0.2, 0) is 11.0 Å². The maximum atomic E-state index is 12.6. The molecule has 2 unspecified atom stereocenters. The van der Waals surface area contributed by atoms with Crippen LogP contribution in [0.5, 0.6) is 0 Å². The summed E-state index contributed by atoms with van der Waals surface area (Å²) in [5.41, 5.74) is 2.01. The average Bonchev–Trinajstić information content (AvgIpc) is 2.69. The number of anilines is 2. The molecule has 0 heterocycles. The summed E-state index contributed by atoms with van der Waals surface area (Å²) in [6.07, 6.45) is 1.08. The Morgan fingerprint density at radius 3 is 2.44 bits per heavy atom. The molecule has 0 fully saturated rings. The molecular weight excluding hydrogens is 375 g/mol. The van der Waals surface area contributed by atoms with Crippen molar-refractivity contribution in [1.29, 1.82) is 0 Å². The van der Waals surface area contributed by atoms with Crippen molar-refractivity contribution in [3.8, 4) is 0 Å². The summed E-state index contributed by atoms with van der Waals surface area (Å²) in [5.74, 6) is -0.217. The molecule has 2 atom stereocenters. The SMILES string of the molecule is CCPc1cccc(NC(=O)c2cccc(S(=O)Nc3ccccc3)c2)c1. The first-order valence-electron chi connectivity index (χ1n) is 8.64. The smallest absolute Gasteiger partial charge is 0.255 e. The Morgan fingerprint density at radius 2 is 1.67 bits per heavy atom. The first-order chi connectivity index (χ1) is 13.2. The lowest BCUT2D eigenvalue weighted by Crippen LogP contribution is -2.14. The van der Waals surface area contributed by atoms with Gasteiger partial charge < -0.3 is 10.0 Å². The fourth-order valence-corrected chi connectivity index (χ4v) is 4.32. The summed E-state index contributed by atoms with van der Waals surface area (Å²) in [6, 6.07) is 24.1. The monoisotopic (exact) mass is 396 g/mol. The Hall–Kier alpha value is -2.49. The van der Waals surface area contributed by atoms with E-state index in [2.05, 4.69) is 23.0 Å². The molecule has 0 saturated carbocycles. The van der Waals surface area contributed by atoms with Gasteiger partial charge in [0.2, 0.25) is 0 Å². The van der Waals surface area contributed by atoms with Gasteiger partial charge in [0.1, 0.15) is 11.0 Å². The van der Waals surface area contributed by atoms with Gasteiger partial charge in [-0.25, -0.2) is 4.21 Å². The molecule has 0 bridgehead atoms. The van der Waals surface area contributed by atoms with Crippen molar-refractivity contribution in [3.63, 3.8) is 0 Å². The van der Waals surface area contributed by atoms with Gasteiger partial charge in [0.25, 0.3) is 5.91 Å². The van der Waals surface area contributed by atoms with Crippen molar-refractivity contribution in [3.05, 3.63) is 84.4 Å². The van der Waals surface area contributed by atoms with Crippen molar-refractivity contribution in [2.45, 2.75) is 11.8 Å². The summed E-state index contributed by atoms with van der Waals surface area (Å²) in [5, 5.41) is 4.14.